The number of aryl methyl sites for hydroxylation is 1. The summed E-state index contributed by atoms with van der Waals surface area (Å²) >= 11 is 0. The molecule has 1 saturated heterocycles. The molecule has 3 nitrogen and oxygen atoms in total. The van der Waals surface area contributed by atoms with Crippen LogP contribution in [0.25, 0.3) is 0 Å². The molecule has 0 aromatic heterocycles. The van der Waals surface area contributed by atoms with Gasteiger partial charge < -0.3 is 4.74 Å². The molecule has 1 heterocycles. The first-order valence-corrected chi connectivity index (χ1v) is 7.17. The molecular formula is C16H23NO2. The minimum Gasteiger partial charge on any atom is -0.465 e. The van der Waals surface area contributed by atoms with Gasteiger partial charge in [0.2, 0.25) is 0 Å². The molecule has 0 unspecified atom stereocenters. The molecule has 19 heavy (non-hydrogen) atoms. The van der Waals surface area contributed by atoms with Crippen LogP contribution in [0.3, 0.4) is 0 Å². The van der Waals surface area contributed by atoms with Crippen molar-refractivity contribution in [3.05, 3.63) is 35.4 Å². The summed E-state index contributed by atoms with van der Waals surface area (Å²) < 4.78 is 5.19. The predicted molar refractivity (Wildman–Crippen MR) is 75.9 cm³/mol. The van der Waals surface area contributed by atoms with Gasteiger partial charge >= 0.3 is 5.97 Å². The second kappa shape index (κ2) is 6.71. The van der Waals surface area contributed by atoms with Gasteiger partial charge in [-0.05, 0) is 38.8 Å². The molecule has 104 valence electrons. The van der Waals surface area contributed by atoms with Crippen molar-refractivity contribution < 1.29 is 9.53 Å². The third kappa shape index (κ3) is 3.80. The van der Waals surface area contributed by atoms with Crippen molar-refractivity contribution in [3.63, 3.8) is 0 Å². The number of piperidine rings is 1. The molecule has 1 aliphatic heterocycles. The summed E-state index contributed by atoms with van der Waals surface area (Å²) in [6, 6.07) is 8.48. The van der Waals surface area contributed by atoms with Gasteiger partial charge in [-0.2, -0.15) is 0 Å². The van der Waals surface area contributed by atoms with Gasteiger partial charge in [-0.3, -0.25) is 9.69 Å². The van der Waals surface area contributed by atoms with Crippen LogP contribution in [-0.4, -0.2) is 30.1 Å². The zero-order valence-corrected chi connectivity index (χ0v) is 11.9. The number of carbonyl (C=O) groups excluding carboxylic acids is 1. The Labute approximate surface area is 115 Å². The summed E-state index contributed by atoms with van der Waals surface area (Å²) in [6.45, 7) is 6.24. The van der Waals surface area contributed by atoms with Crippen LogP contribution in [0.1, 0.15) is 37.3 Å². The Hall–Kier alpha value is -1.35. The van der Waals surface area contributed by atoms with Crippen molar-refractivity contribution in [1.29, 1.82) is 0 Å². The molecule has 1 fully saturated rings. The van der Waals surface area contributed by atoms with Crippen molar-refractivity contribution in [3.8, 4) is 0 Å². The summed E-state index contributed by atoms with van der Waals surface area (Å²) in [5.74, 6) is -0.0608. The molecule has 0 spiro atoms. The van der Waals surface area contributed by atoms with Crippen molar-refractivity contribution in [2.24, 2.45) is 0 Å². The third-order valence-electron chi connectivity index (χ3n) is 3.68. The van der Waals surface area contributed by atoms with Gasteiger partial charge in [0.15, 0.2) is 0 Å². The Kier molecular flexibility index (Phi) is 4.97. The molecule has 0 bridgehead atoms. The van der Waals surface area contributed by atoms with E-state index in [4.69, 9.17) is 4.74 Å². The Morgan fingerprint density at radius 3 is 2.74 bits per heavy atom. The average Bonchev–Trinajstić information content (AvgIpc) is 2.42. The van der Waals surface area contributed by atoms with Crippen LogP contribution in [0.15, 0.2) is 24.3 Å². The van der Waals surface area contributed by atoms with Crippen LogP contribution in [0.5, 0.6) is 0 Å². The van der Waals surface area contributed by atoms with E-state index in [9.17, 15) is 4.79 Å². The average molecular weight is 261 g/mol. The summed E-state index contributed by atoms with van der Waals surface area (Å²) in [6.07, 6.45) is 3.21. The highest BCUT2D eigenvalue weighted by Gasteiger charge is 2.29. The number of carbonyl (C=O) groups is 1. The van der Waals surface area contributed by atoms with Crippen LogP contribution in [-0.2, 0) is 16.1 Å². The lowest BCUT2D eigenvalue weighted by molar-refractivity contribution is -0.151. The minimum atomic E-state index is -0.0608. The largest absolute Gasteiger partial charge is 0.465 e. The van der Waals surface area contributed by atoms with E-state index >= 15 is 0 Å². The maximum absolute atomic E-state index is 12.0. The number of nitrogens with zero attached hydrogens (tertiary/aromatic N) is 1. The van der Waals surface area contributed by atoms with Crippen LogP contribution < -0.4 is 0 Å². The first-order chi connectivity index (χ1) is 9.20. The third-order valence-corrected chi connectivity index (χ3v) is 3.68. The number of hydrogen-bond donors (Lipinski definition) is 0. The normalized spacial score (nSPS) is 20.2. The lowest BCUT2D eigenvalue weighted by atomic mass is 10.0. The topological polar surface area (TPSA) is 29.5 Å². The number of benzene rings is 1. The van der Waals surface area contributed by atoms with Crippen LogP contribution >= 0.6 is 0 Å². The van der Waals surface area contributed by atoms with Crippen molar-refractivity contribution in [1.82, 2.24) is 4.90 Å². The lowest BCUT2D eigenvalue weighted by Gasteiger charge is -2.33. The van der Waals surface area contributed by atoms with Gasteiger partial charge in [0.1, 0.15) is 6.04 Å². The Morgan fingerprint density at radius 1 is 1.32 bits per heavy atom. The second-order valence-electron chi connectivity index (χ2n) is 5.22. The molecule has 0 saturated carbocycles. The summed E-state index contributed by atoms with van der Waals surface area (Å²) in [5.41, 5.74) is 2.53. The van der Waals surface area contributed by atoms with E-state index in [-0.39, 0.29) is 12.0 Å². The fourth-order valence-electron chi connectivity index (χ4n) is 2.61. The molecular weight excluding hydrogens is 238 g/mol. The van der Waals surface area contributed by atoms with Crippen molar-refractivity contribution >= 4 is 5.97 Å². The Bertz CT molecular complexity index is 413. The maximum Gasteiger partial charge on any atom is 0.323 e. The Morgan fingerprint density at radius 2 is 2.05 bits per heavy atom. The van der Waals surface area contributed by atoms with Gasteiger partial charge in [-0.15, -0.1) is 0 Å². The van der Waals surface area contributed by atoms with E-state index in [1.165, 1.54) is 17.5 Å². The molecule has 0 N–H and O–H groups in total. The monoisotopic (exact) mass is 261 g/mol. The van der Waals surface area contributed by atoms with Gasteiger partial charge in [-0.1, -0.05) is 36.2 Å². The second-order valence-corrected chi connectivity index (χ2v) is 5.22. The molecule has 1 aliphatic rings. The lowest BCUT2D eigenvalue weighted by Crippen LogP contribution is -2.44. The molecule has 2 rings (SSSR count). The van der Waals surface area contributed by atoms with Crippen LogP contribution in [0, 0.1) is 6.92 Å². The number of hydrogen-bond acceptors (Lipinski definition) is 3. The Balaban J connectivity index is 2.03. The standard InChI is InChI=1S/C16H23NO2/c1-3-19-16(18)15-6-4-5-11-17(15)12-14-9-7-13(2)8-10-14/h7-10,15H,3-6,11-12H2,1-2H3/t15-/m0/s1. The zero-order valence-electron chi connectivity index (χ0n) is 11.9. The van der Waals surface area contributed by atoms with Crippen LogP contribution in [0.2, 0.25) is 0 Å². The summed E-state index contributed by atoms with van der Waals surface area (Å²) in [7, 11) is 0. The molecule has 0 aliphatic carbocycles. The number of esters is 1. The molecule has 3 heteroatoms. The highest BCUT2D eigenvalue weighted by atomic mass is 16.5. The number of rotatable bonds is 4. The highest BCUT2D eigenvalue weighted by Crippen LogP contribution is 2.21. The molecule has 1 aromatic rings. The van der Waals surface area contributed by atoms with E-state index in [0.717, 1.165) is 25.9 Å². The molecule has 0 radical (unpaired) electrons. The first kappa shape index (κ1) is 14.1. The minimum absolute atomic E-state index is 0.0602. The number of ether oxygens (including phenoxy) is 1. The predicted octanol–water partition coefficient (Wildman–Crippen LogP) is 2.91. The van der Waals surface area contributed by atoms with Crippen molar-refractivity contribution in [2.75, 3.05) is 13.2 Å². The summed E-state index contributed by atoms with van der Waals surface area (Å²) in [5, 5.41) is 0. The van der Waals surface area contributed by atoms with E-state index < -0.39 is 0 Å². The highest BCUT2D eigenvalue weighted by molar-refractivity contribution is 5.75. The molecule has 1 aromatic carbocycles. The maximum atomic E-state index is 12.0. The van der Waals surface area contributed by atoms with E-state index in [0.29, 0.717) is 6.61 Å². The van der Waals surface area contributed by atoms with Gasteiger partial charge in [0.25, 0.3) is 0 Å². The number of likely N-dealkylation sites (tertiary alicyclic amines) is 1. The van der Waals surface area contributed by atoms with Gasteiger partial charge in [0, 0.05) is 6.54 Å². The fourth-order valence-corrected chi connectivity index (χ4v) is 2.61. The van der Waals surface area contributed by atoms with E-state index in [2.05, 4.69) is 36.1 Å². The van der Waals surface area contributed by atoms with Crippen LogP contribution in [0.4, 0.5) is 0 Å². The van der Waals surface area contributed by atoms with E-state index in [1.54, 1.807) is 0 Å². The molecule has 1 atom stereocenters. The fraction of sp³-hybridized carbons (Fsp3) is 0.562. The zero-order chi connectivity index (χ0) is 13.7. The SMILES string of the molecule is CCOC(=O)[C@@H]1CCCCN1Cc1ccc(C)cc1. The van der Waals surface area contributed by atoms with E-state index in [1.807, 2.05) is 6.92 Å². The smallest absolute Gasteiger partial charge is 0.323 e. The quantitative estimate of drug-likeness (QED) is 0.780. The van der Waals surface area contributed by atoms with Gasteiger partial charge in [0.05, 0.1) is 6.61 Å². The van der Waals surface area contributed by atoms with Crippen molar-refractivity contribution in [2.45, 2.75) is 45.7 Å². The first-order valence-electron chi connectivity index (χ1n) is 7.17. The summed E-state index contributed by atoms with van der Waals surface area (Å²) in [4.78, 5) is 14.2. The van der Waals surface area contributed by atoms with Gasteiger partial charge in [-0.25, -0.2) is 0 Å². The molecule has 0 amide bonds.